The van der Waals surface area contributed by atoms with Crippen LogP contribution in [0.2, 0.25) is 0 Å². The van der Waals surface area contributed by atoms with Gasteiger partial charge in [-0.3, -0.25) is 9.59 Å². The lowest BCUT2D eigenvalue weighted by Crippen LogP contribution is -2.35. The molecule has 1 heterocycles. The number of hydrogen-bond acceptors (Lipinski definition) is 4. The van der Waals surface area contributed by atoms with Crippen LogP contribution in [0.4, 0.5) is 11.4 Å². The largest absolute Gasteiger partial charge is 0.492 e. The van der Waals surface area contributed by atoms with Crippen LogP contribution >= 0.6 is 12.4 Å². The first-order valence-corrected chi connectivity index (χ1v) is 9.73. The summed E-state index contributed by atoms with van der Waals surface area (Å²) in [5.74, 6) is 0.235. The molecule has 2 aromatic carbocycles. The van der Waals surface area contributed by atoms with Gasteiger partial charge in [0.25, 0.3) is 11.8 Å². The van der Waals surface area contributed by atoms with Crippen LogP contribution in [0.5, 0.6) is 5.75 Å². The summed E-state index contributed by atoms with van der Waals surface area (Å²) < 4.78 is 5.64. The zero-order valence-electron chi connectivity index (χ0n) is 16.9. The van der Waals surface area contributed by atoms with Crippen molar-refractivity contribution >= 4 is 35.6 Å². The Labute approximate surface area is 177 Å². The molecule has 0 saturated carbocycles. The number of carbonyl (C=O) groups excluding carboxylic acids is 2. The molecule has 3 rings (SSSR count). The quantitative estimate of drug-likeness (QED) is 0.711. The molecule has 1 aliphatic rings. The Kier molecular flexibility index (Phi) is 7.91. The second kappa shape index (κ2) is 10.2. The number of nitrogens with one attached hydrogen (secondary N) is 1. The first-order valence-electron chi connectivity index (χ1n) is 9.73. The number of ether oxygens (including phenoxy) is 1. The highest BCUT2D eigenvalue weighted by molar-refractivity contribution is 6.07. The molecule has 7 heteroatoms. The molecule has 2 aromatic rings. The Morgan fingerprint density at radius 1 is 1.10 bits per heavy atom. The number of nitrogen functional groups attached to an aromatic ring is 1. The summed E-state index contributed by atoms with van der Waals surface area (Å²) in [7, 11) is 0. The number of amides is 2. The van der Waals surface area contributed by atoms with E-state index in [1.54, 1.807) is 30.3 Å². The number of piperidine rings is 1. The topological polar surface area (TPSA) is 84.7 Å². The Morgan fingerprint density at radius 3 is 2.52 bits per heavy atom. The Balaban J connectivity index is 0.00000300. The number of carbonyl (C=O) groups is 2. The molecule has 6 nitrogen and oxygen atoms in total. The minimum absolute atomic E-state index is 0. The molecule has 3 N–H and O–H groups in total. The third-order valence-corrected chi connectivity index (χ3v) is 4.92. The van der Waals surface area contributed by atoms with E-state index in [2.05, 4.69) is 5.32 Å². The van der Waals surface area contributed by atoms with Crippen molar-refractivity contribution in [3.05, 3.63) is 53.1 Å². The van der Waals surface area contributed by atoms with E-state index in [0.717, 1.165) is 37.9 Å². The average Bonchev–Trinajstić information content (AvgIpc) is 2.71. The summed E-state index contributed by atoms with van der Waals surface area (Å²) in [4.78, 5) is 27.5. The van der Waals surface area contributed by atoms with Crippen molar-refractivity contribution in [3.8, 4) is 5.75 Å². The first-order chi connectivity index (χ1) is 13.5. The number of benzene rings is 2. The summed E-state index contributed by atoms with van der Waals surface area (Å²) >= 11 is 0. The fourth-order valence-corrected chi connectivity index (χ4v) is 3.40. The molecular weight excluding hydrogens is 390 g/mol. The maximum Gasteiger partial charge on any atom is 0.256 e. The number of rotatable bonds is 5. The van der Waals surface area contributed by atoms with Crippen LogP contribution in [0.15, 0.2) is 36.4 Å². The lowest BCUT2D eigenvalue weighted by Gasteiger charge is -2.27. The van der Waals surface area contributed by atoms with E-state index < -0.39 is 0 Å². The first kappa shape index (κ1) is 22.6. The van der Waals surface area contributed by atoms with Gasteiger partial charge >= 0.3 is 0 Å². The number of likely N-dealkylation sites (tertiary alicyclic amines) is 1. The third kappa shape index (κ3) is 5.41. The number of halogens is 1. The summed E-state index contributed by atoms with van der Waals surface area (Å²) in [5.41, 5.74) is 8.70. The molecular formula is C22H28ClN3O3. The monoisotopic (exact) mass is 417 g/mol. The van der Waals surface area contributed by atoms with Gasteiger partial charge in [-0.15, -0.1) is 12.4 Å². The molecule has 0 aliphatic carbocycles. The predicted molar refractivity (Wildman–Crippen MR) is 118 cm³/mol. The van der Waals surface area contributed by atoms with E-state index in [1.807, 2.05) is 24.8 Å². The van der Waals surface area contributed by atoms with Crippen LogP contribution in [0.25, 0.3) is 0 Å². The van der Waals surface area contributed by atoms with E-state index >= 15 is 0 Å². The minimum atomic E-state index is -0.284. The van der Waals surface area contributed by atoms with E-state index in [-0.39, 0.29) is 24.2 Å². The molecule has 2 amide bonds. The molecule has 1 fully saturated rings. The average molecular weight is 418 g/mol. The van der Waals surface area contributed by atoms with Gasteiger partial charge in [0.05, 0.1) is 12.3 Å². The smallest absolute Gasteiger partial charge is 0.256 e. The normalized spacial score (nSPS) is 13.4. The van der Waals surface area contributed by atoms with E-state index in [1.165, 1.54) is 0 Å². The Bertz CT molecular complexity index is 880. The van der Waals surface area contributed by atoms with E-state index in [0.29, 0.717) is 34.9 Å². The van der Waals surface area contributed by atoms with Crippen molar-refractivity contribution in [2.75, 3.05) is 30.7 Å². The molecule has 1 aliphatic heterocycles. The molecule has 0 aromatic heterocycles. The molecule has 0 unspecified atom stereocenters. The number of nitrogens with zero attached hydrogens (tertiary/aromatic N) is 1. The van der Waals surface area contributed by atoms with Gasteiger partial charge in [0.1, 0.15) is 5.75 Å². The van der Waals surface area contributed by atoms with Crippen LogP contribution < -0.4 is 15.8 Å². The molecule has 0 bridgehead atoms. The number of aryl methyl sites for hydroxylation is 1. The maximum absolute atomic E-state index is 12.8. The minimum Gasteiger partial charge on any atom is -0.492 e. The number of nitrogens with two attached hydrogens (primary N) is 1. The lowest BCUT2D eigenvalue weighted by atomic mass is 10.1. The van der Waals surface area contributed by atoms with Crippen molar-refractivity contribution in [1.82, 2.24) is 4.90 Å². The molecule has 0 atom stereocenters. The predicted octanol–water partition coefficient (Wildman–Crippen LogP) is 4.28. The SMILES string of the molecule is CCOc1ccc(C(=O)N2CCCCC2)cc1NC(=O)c1cc(N)ccc1C.Cl. The van der Waals surface area contributed by atoms with Crippen molar-refractivity contribution < 1.29 is 14.3 Å². The fourth-order valence-electron chi connectivity index (χ4n) is 3.40. The van der Waals surface area contributed by atoms with Crippen LogP contribution in [-0.2, 0) is 0 Å². The second-order valence-electron chi connectivity index (χ2n) is 7.03. The fraction of sp³-hybridized carbons (Fsp3) is 0.364. The highest BCUT2D eigenvalue weighted by Crippen LogP contribution is 2.28. The second-order valence-corrected chi connectivity index (χ2v) is 7.03. The lowest BCUT2D eigenvalue weighted by molar-refractivity contribution is 0.0724. The van der Waals surface area contributed by atoms with Crippen LogP contribution in [-0.4, -0.2) is 36.4 Å². The van der Waals surface area contributed by atoms with Gasteiger partial charge in [0.2, 0.25) is 0 Å². The Morgan fingerprint density at radius 2 is 1.83 bits per heavy atom. The Hall–Kier alpha value is -2.73. The van der Waals surface area contributed by atoms with Crippen molar-refractivity contribution in [2.45, 2.75) is 33.1 Å². The molecule has 1 saturated heterocycles. The third-order valence-electron chi connectivity index (χ3n) is 4.92. The van der Waals surface area contributed by atoms with Crippen molar-refractivity contribution in [3.63, 3.8) is 0 Å². The zero-order valence-corrected chi connectivity index (χ0v) is 17.7. The highest BCUT2D eigenvalue weighted by atomic mass is 35.5. The van der Waals surface area contributed by atoms with Crippen LogP contribution in [0.3, 0.4) is 0 Å². The molecule has 0 radical (unpaired) electrons. The van der Waals surface area contributed by atoms with Gasteiger partial charge in [-0.1, -0.05) is 6.07 Å². The van der Waals surface area contributed by atoms with Crippen molar-refractivity contribution in [1.29, 1.82) is 0 Å². The van der Waals surface area contributed by atoms with Gasteiger partial charge in [-0.05, 0) is 69.0 Å². The van der Waals surface area contributed by atoms with Crippen LogP contribution in [0.1, 0.15) is 52.5 Å². The molecule has 29 heavy (non-hydrogen) atoms. The number of anilines is 2. The molecule has 156 valence electrons. The maximum atomic E-state index is 12.8. The zero-order chi connectivity index (χ0) is 20.1. The van der Waals surface area contributed by atoms with Gasteiger partial charge in [-0.25, -0.2) is 0 Å². The highest BCUT2D eigenvalue weighted by Gasteiger charge is 2.20. The van der Waals surface area contributed by atoms with Gasteiger partial charge in [-0.2, -0.15) is 0 Å². The van der Waals surface area contributed by atoms with Gasteiger partial charge in [0.15, 0.2) is 0 Å². The van der Waals surface area contributed by atoms with E-state index in [4.69, 9.17) is 10.5 Å². The summed E-state index contributed by atoms with van der Waals surface area (Å²) in [6, 6.07) is 10.4. The standard InChI is InChI=1S/C22H27N3O3.ClH/c1-3-28-20-10-8-16(22(27)25-11-5-4-6-12-25)13-19(20)24-21(26)18-14-17(23)9-7-15(18)2;/h7-10,13-14H,3-6,11-12,23H2,1-2H3,(H,24,26);1H. The van der Waals surface area contributed by atoms with Gasteiger partial charge < -0.3 is 20.7 Å². The summed E-state index contributed by atoms with van der Waals surface area (Å²) in [6.07, 6.45) is 3.22. The number of hydrogen-bond donors (Lipinski definition) is 2. The van der Waals surface area contributed by atoms with Gasteiger partial charge in [0, 0.05) is 29.9 Å². The molecule has 0 spiro atoms. The summed E-state index contributed by atoms with van der Waals surface area (Å²) in [6.45, 7) is 5.74. The van der Waals surface area contributed by atoms with E-state index in [9.17, 15) is 9.59 Å². The van der Waals surface area contributed by atoms with Crippen molar-refractivity contribution in [2.24, 2.45) is 0 Å². The van der Waals surface area contributed by atoms with Crippen LogP contribution in [0, 0.1) is 6.92 Å². The summed E-state index contributed by atoms with van der Waals surface area (Å²) in [5, 5.41) is 2.89.